The lowest BCUT2D eigenvalue weighted by atomic mass is 10.1. The fourth-order valence-electron chi connectivity index (χ4n) is 3.60. The zero-order valence-corrected chi connectivity index (χ0v) is 21.6. The number of anilines is 2. The van der Waals surface area contributed by atoms with Gasteiger partial charge in [-0.05, 0) is 50.5 Å². The molecule has 0 aliphatic carbocycles. The molecule has 2 heterocycles. The van der Waals surface area contributed by atoms with E-state index in [1.807, 2.05) is 19.9 Å². The summed E-state index contributed by atoms with van der Waals surface area (Å²) in [4.78, 5) is 54.3. The Morgan fingerprint density at radius 3 is 2.58 bits per heavy atom. The smallest absolute Gasteiger partial charge is 0.419 e. The lowest BCUT2D eigenvalue weighted by molar-refractivity contribution is -0.155. The number of aliphatic hydroxyl groups is 1. The number of fused-ring (bicyclic) bond motifs is 1. The fraction of sp³-hybridized carbons (Fsp3) is 0.360. The number of nitrogens with one attached hydrogen (secondary N) is 2. The van der Waals surface area contributed by atoms with E-state index in [-0.39, 0.29) is 18.0 Å². The van der Waals surface area contributed by atoms with Gasteiger partial charge in [0.15, 0.2) is 5.82 Å². The van der Waals surface area contributed by atoms with Gasteiger partial charge in [0.1, 0.15) is 18.5 Å². The van der Waals surface area contributed by atoms with Crippen molar-refractivity contribution < 1.29 is 33.8 Å². The number of hydrogen-bond donors (Lipinski definition) is 3. The zero-order valence-electron chi connectivity index (χ0n) is 21.6. The van der Waals surface area contributed by atoms with Gasteiger partial charge < -0.3 is 25.2 Å². The minimum absolute atomic E-state index is 0.0138. The summed E-state index contributed by atoms with van der Waals surface area (Å²) < 4.78 is 10.8. The molecule has 0 saturated heterocycles. The monoisotopic (exact) mass is 526 g/mol. The SMILES string of the molecule is CCCNC(=O)c1ccc(C)c(Nc2ncnn3cc(C(=O)N(CC)C(=O)OCOC(=O)CO)c(C)c23)c1. The van der Waals surface area contributed by atoms with Crippen molar-refractivity contribution in [3.63, 3.8) is 0 Å². The molecule has 13 heteroatoms. The van der Waals surface area contributed by atoms with E-state index in [0.717, 1.165) is 16.9 Å². The second-order valence-corrected chi connectivity index (χ2v) is 8.23. The Bertz CT molecular complexity index is 1350. The van der Waals surface area contributed by atoms with Gasteiger partial charge in [-0.15, -0.1) is 0 Å². The van der Waals surface area contributed by atoms with Crippen molar-refractivity contribution in [1.82, 2.24) is 24.8 Å². The van der Waals surface area contributed by atoms with Crippen molar-refractivity contribution >= 4 is 40.9 Å². The van der Waals surface area contributed by atoms with Crippen molar-refractivity contribution in [3.8, 4) is 0 Å². The molecule has 3 aromatic rings. The van der Waals surface area contributed by atoms with Crippen molar-refractivity contribution in [2.75, 3.05) is 31.8 Å². The number of carbonyl (C=O) groups is 4. The van der Waals surface area contributed by atoms with E-state index in [9.17, 15) is 19.2 Å². The highest BCUT2D eigenvalue weighted by Crippen LogP contribution is 2.28. The van der Waals surface area contributed by atoms with Gasteiger partial charge in [0, 0.05) is 30.5 Å². The van der Waals surface area contributed by atoms with Crippen LogP contribution in [0, 0.1) is 13.8 Å². The summed E-state index contributed by atoms with van der Waals surface area (Å²) in [5.41, 5.74) is 3.20. The lowest BCUT2D eigenvalue weighted by Crippen LogP contribution is -2.37. The molecule has 0 aliphatic rings. The fourth-order valence-corrected chi connectivity index (χ4v) is 3.60. The maximum atomic E-state index is 13.2. The third kappa shape index (κ3) is 6.24. The van der Waals surface area contributed by atoms with Crippen LogP contribution in [-0.4, -0.2) is 75.0 Å². The van der Waals surface area contributed by atoms with Gasteiger partial charge in [-0.3, -0.25) is 9.59 Å². The summed E-state index contributed by atoms with van der Waals surface area (Å²) in [5.74, 6) is -1.41. The maximum Gasteiger partial charge on any atom is 0.419 e. The first kappa shape index (κ1) is 28.1. The predicted molar refractivity (Wildman–Crippen MR) is 136 cm³/mol. The number of rotatable bonds is 10. The number of amides is 3. The van der Waals surface area contributed by atoms with Gasteiger partial charge in [0.05, 0.1) is 5.56 Å². The maximum absolute atomic E-state index is 13.2. The van der Waals surface area contributed by atoms with Crippen LogP contribution in [0.1, 0.15) is 52.1 Å². The molecule has 38 heavy (non-hydrogen) atoms. The molecule has 2 aromatic heterocycles. The number of imide groups is 1. The first-order valence-electron chi connectivity index (χ1n) is 12.0. The van der Waals surface area contributed by atoms with E-state index in [1.54, 1.807) is 26.0 Å². The van der Waals surface area contributed by atoms with Crippen LogP contribution in [0.15, 0.2) is 30.7 Å². The number of esters is 1. The quantitative estimate of drug-likeness (QED) is 0.264. The van der Waals surface area contributed by atoms with Crippen LogP contribution in [0.5, 0.6) is 0 Å². The number of carbonyl (C=O) groups excluding carboxylic acids is 4. The largest absolute Gasteiger partial charge is 0.426 e. The van der Waals surface area contributed by atoms with Gasteiger partial charge in [-0.2, -0.15) is 5.10 Å². The molecule has 3 N–H and O–H groups in total. The zero-order chi connectivity index (χ0) is 27.8. The highest BCUT2D eigenvalue weighted by Gasteiger charge is 2.27. The highest BCUT2D eigenvalue weighted by molar-refractivity contribution is 6.05. The molecule has 0 unspecified atom stereocenters. The predicted octanol–water partition coefficient (Wildman–Crippen LogP) is 2.32. The van der Waals surface area contributed by atoms with E-state index < -0.39 is 31.4 Å². The average Bonchev–Trinajstić information content (AvgIpc) is 3.25. The summed E-state index contributed by atoms with van der Waals surface area (Å²) in [7, 11) is 0. The molecule has 0 saturated carbocycles. The van der Waals surface area contributed by atoms with E-state index >= 15 is 0 Å². The molecule has 202 valence electrons. The average molecular weight is 527 g/mol. The minimum atomic E-state index is -1.02. The summed E-state index contributed by atoms with van der Waals surface area (Å²) >= 11 is 0. The summed E-state index contributed by atoms with van der Waals surface area (Å²) in [6.07, 6.45) is 2.59. The van der Waals surface area contributed by atoms with Crippen LogP contribution in [0.2, 0.25) is 0 Å². The van der Waals surface area contributed by atoms with Gasteiger partial charge in [0.25, 0.3) is 11.8 Å². The Morgan fingerprint density at radius 2 is 1.89 bits per heavy atom. The van der Waals surface area contributed by atoms with Crippen LogP contribution in [0.25, 0.3) is 5.52 Å². The van der Waals surface area contributed by atoms with Crippen molar-refractivity contribution in [1.29, 1.82) is 0 Å². The number of nitrogens with zero attached hydrogens (tertiary/aromatic N) is 4. The van der Waals surface area contributed by atoms with E-state index in [1.165, 1.54) is 17.0 Å². The second-order valence-electron chi connectivity index (χ2n) is 8.23. The highest BCUT2D eigenvalue weighted by atomic mass is 16.7. The van der Waals surface area contributed by atoms with Crippen LogP contribution >= 0.6 is 0 Å². The standard InChI is InChI=1S/C25H30N6O7/c1-5-9-26-23(34)17-8-7-15(3)19(10-17)29-22-21-16(4)18(11-31(21)28-13-27-22)24(35)30(6-2)25(36)38-14-37-20(33)12-32/h7-8,10-11,13,32H,5-6,9,12,14H2,1-4H3,(H,26,34)(H,27,28,29). The van der Waals surface area contributed by atoms with Gasteiger partial charge in [-0.1, -0.05) is 13.0 Å². The number of benzene rings is 1. The summed E-state index contributed by atoms with van der Waals surface area (Å²) in [5, 5.41) is 18.9. The molecule has 0 spiro atoms. The number of aliphatic hydroxyl groups excluding tert-OH is 1. The molecule has 1 aromatic carbocycles. The molecule has 0 bridgehead atoms. The first-order valence-corrected chi connectivity index (χ1v) is 12.0. The van der Waals surface area contributed by atoms with E-state index in [4.69, 9.17) is 9.84 Å². The van der Waals surface area contributed by atoms with Crippen molar-refractivity contribution in [2.45, 2.75) is 34.1 Å². The normalized spacial score (nSPS) is 10.7. The molecule has 0 fully saturated rings. The summed E-state index contributed by atoms with van der Waals surface area (Å²) in [6, 6.07) is 5.29. The van der Waals surface area contributed by atoms with Gasteiger partial charge in [0.2, 0.25) is 6.79 Å². The number of aromatic nitrogens is 3. The Balaban J connectivity index is 1.88. The molecular weight excluding hydrogens is 496 g/mol. The molecule has 3 amide bonds. The first-order chi connectivity index (χ1) is 18.2. The van der Waals surface area contributed by atoms with E-state index in [0.29, 0.717) is 34.7 Å². The lowest BCUT2D eigenvalue weighted by Gasteiger charge is -2.18. The Kier molecular flexibility index (Phi) is 9.33. The number of ether oxygens (including phenoxy) is 2. The molecule has 0 atom stereocenters. The van der Waals surface area contributed by atoms with Crippen LogP contribution < -0.4 is 10.6 Å². The molecular formula is C25H30N6O7. The van der Waals surface area contributed by atoms with E-state index in [2.05, 4.69) is 25.5 Å². The topological polar surface area (TPSA) is 164 Å². The number of aryl methyl sites for hydroxylation is 2. The molecule has 0 radical (unpaired) electrons. The second kappa shape index (κ2) is 12.6. The van der Waals surface area contributed by atoms with Gasteiger partial charge in [-0.25, -0.2) is 24.0 Å². The molecule has 0 aliphatic heterocycles. The Morgan fingerprint density at radius 1 is 1.13 bits per heavy atom. The Hall–Kier alpha value is -4.52. The minimum Gasteiger partial charge on any atom is -0.426 e. The third-order valence-corrected chi connectivity index (χ3v) is 5.66. The third-order valence-electron chi connectivity index (χ3n) is 5.66. The summed E-state index contributed by atoms with van der Waals surface area (Å²) in [6.45, 7) is 6.09. The van der Waals surface area contributed by atoms with Crippen molar-refractivity contribution in [2.24, 2.45) is 0 Å². The van der Waals surface area contributed by atoms with Crippen LogP contribution in [-0.2, 0) is 14.3 Å². The van der Waals surface area contributed by atoms with Crippen molar-refractivity contribution in [3.05, 3.63) is 53.0 Å². The molecule has 3 rings (SSSR count). The number of hydrogen-bond acceptors (Lipinski definition) is 10. The van der Waals surface area contributed by atoms with Gasteiger partial charge >= 0.3 is 12.1 Å². The van der Waals surface area contributed by atoms with Crippen LogP contribution in [0.3, 0.4) is 0 Å². The Labute approximate surface area is 218 Å². The van der Waals surface area contributed by atoms with Crippen LogP contribution in [0.4, 0.5) is 16.3 Å². The molecule has 13 nitrogen and oxygen atoms in total.